The Morgan fingerprint density at radius 2 is 2.10 bits per heavy atom. The van der Waals surface area contributed by atoms with Crippen molar-refractivity contribution in [1.29, 1.82) is 0 Å². The number of amides is 1. The molecule has 1 atom stereocenters. The van der Waals surface area contributed by atoms with Crippen LogP contribution in [0.1, 0.15) is 39.5 Å². The lowest BCUT2D eigenvalue weighted by atomic mass is 9.61. The fourth-order valence-electron chi connectivity index (χ4n) is 3.85. The summed E-state index contributed by atoms with van der Waals surface area (Å²) in [5.74, 6) is 0.583. The lowest BCUT2D eigenvalue weighted by Gasteiger charge is -2.47. The van der Waals surface area contributed by atoms with Crippen molar-refractivity contribution in [2.75, 3.05) is 26.7 Å². The standard InChI is InChI=1S/C15H28N4O2/c1-4-12-10-18(3)6-5-7-19(12)14(20)15(13(16)17-21)8-11(2)9-15/h11-12,21H,4-10H2,1-3H3,(H2,16,17). The van der Waals surface area contributed by atoms with E-state index in [1.54, 1.807) is 0 Å². The van der Waals surface area contributed by atoms with Crippen LogP contribution in [0.25, 0.3) is 0 Å². The first kappa shape index (κ1) is 16.1. The summed E-state index contributed by atoms with van der Waals surface area (Å²) in [5.41, 5.74) is 5.11. The topological polar surface area (TPSA) is 82.2 Å². The van der Waals surface area contributed by atoms with Crippen LogP contribution >= 0.6 is 0 Å². The Labute approximate surface area is 127 Å². The third-order valence-electron chi connectivity index (χ3n) is 5.04. The number of nitrogens with two attached hydrogens (primary N) is 1. The highest BCUT2D eigenvalue weighted by Crippen LogP contribution is 2.47. The van der Waals surface area contributed by atoms with Gasteiger partial charge in [-0.05, 0) is 45.2 Å². The summed E-state index contributed by atoms with van der Waals surface area (Å²) in [4.78, 5) is 17.4. The summed E-state index contributed by atoms with van der Waals surface area (Å²) in [6.45, 7) is 6.88. The van der Waals surface area contributed by atoms with Crippen molar-refractivity contribution in [3.63, 3.8) is 0 Å². The second-order valence-corrected chi connectivity index (χ2v) is 6.76. The third kappa shape index (κ3) is 2.86. The Kier molecular flexibility index (Phi) is 4.76. The Bertz CT molecular complexity index is 418. The fraction of sp³-hybridized carbons (Fsp3) is 0.867. The first-order valence-electron chi connectivity index (χ1n) is 7.92. The lowest BCUT2D eigenvalue weighted by molar-refractivity contribution is -0.146. The van der Waals surface area contributed by atoms with Gasteiger partial charge in [-0.15, -0.1) is 0 Å². The molecule has 2 rings (SSSR count). The van der Waals surface area contributed by atoms with Crippen molar-refractivity contribution in [2.45, 2.75) is 45.6 Å². The maximum atomic E-state index is 13.1. The zero-order valence-electron chi connectivity index (χ0n) is 13.4. The number of carbonyl (C=O) groups excluding carboxylic acids is 1. The molecule has 6 heteroatoms. The summed E-state index contributed by atoms with van der Waals surface area (Å²) in [6.07, 6.45) is 3.27. The maximum Gasteiger partial charge on any atom is 0.236 e. The minimum atomic E-state index is -0.773. The maximum absolute atomic E-state index is 13.1. The first-order valence-corrected chi connectivity index (χ1v) is 7.92. The fourth-order valence-corrected chi connectivity index (χ4v) is 3.85. The van der Waals surface area contributed by atoms with Crippen LogP contribution in [0.15, 0.2) is 5.16 Å². The predicted molar refractivity (Wildman–Crippen MR) is 82.1 cm³/mol. The molecule has 0 aromatic rings. The van der Waals surface area contributed by atoms with Crippen LogP contribution in [0.5, 0.6) is 0 Å². The molecule has 1 saturated carbocycles. The van der Waals surface area contributed by atoms with Gasteiger partial charge in [-0.2, -0.15) is 0 Å². The van der Waals surface area contributed by atoms with E-state index < -0.39 is 5.41 Å². The van der Waals surface area contributed by atoms with Gasteiger partial charge in [0.25, 0.3) is 0 Å². The molecule has 0 bridgehead atoms. The molecule has 6 nitrogen and oxygen atoms in total. The van der Waals surface area contributed by atoms with Gasteiger partial charge in [-0.1, -0.05) is 19.0 Å². The normalized spacial score (nSPS) is 35.2. The first-order chi connectivity index (χ1) is 9.94. The Balaban J connectivity index is 2.23. The number of amidine groups is 1. The smallest absolute Gasteiger partial charge is 0.236 e. The summed E-state index contributed by atoms with van der Waals surface area (Å²) in [5, 5.41) is 12.2. The molecular weight excluding hydrogens is 268 g/mol. The Hall–Kier alpha value is -1.30. The molecular formula is C15H28N4O2. The van der Waals surface area contributed by atoms with E-state index in [-0.39, 0.29) is 17.8 Å². The van der Waals surface area contributed by atoms with E-state index in [2.05, 4.69) is 31.0 Å². The lowest BCUT2D eigenvalue weighted by Crippen LogP contribution is -2.60. The Morgan fingerprint density at radius 3 is 2.62 bits per heavy atom. The molecule has 21 heavy (non-hydrogen) atoms. The van der Waals surface area contributed by atoms with Gasteiger partial charge in [0, 0.05) is 19.1 Å². The second kappa shape index (κ2) is 6.22. The molecule has 1 unspecified atom stereocenters. The van der Waals surface area contributed by atoms with E-state index in [0.717, 1.165) is 32.5 Å². The minimum absolute atomic E-state index is 0.0538. The minimum Gasteiger partial charge on any atom is -0.409 e. The summed E-state index contributed by atoms with van der Waals surface area (Å²) >= 11 is 0. The largest absolute Gasteiger partial charge is 0.409 e. The van der Waals surface area contributed by atoms with Crippen molar-refractivity contribution < 1.29 is 10.0 Å². The molecule has 2 fully saturated rings. The van der Waals surface area contributed by atoms with Crippen LogP contribution in [0, 0.1) is 11.3 Å². The van der Waals surface area contributed by atoms with Crippen LogP contribution in [-0.4, -0.2) is 59.5 Å². The molecule has 1 aliphatic carbocycles. The van der Waals surface area contributed by atoms with E-state index in [1.165, 1.54) is 0 Å². The van der Waals surface area contributed by atoms with Gasteiger partial charge in [0.05, 0.1) is 0 Å². The van der Waals surface area contributed by atoms with Gasteiger partial charge in [-0.25, -0.2) is 0 Å². The highest BCUT2D eigenvalue weighted by atomic mass is 16.4. The van der Waals surface area contributed by atoms with Gasteiger partial charge < -0.3 is 20.7 Å². The monoisotopic (exact) mass is 296 g/mol. The van der Waals surface area contributed by atoms with E-state index in [4.69, 9.17) is 10.9 Å². The van der Waals surface area contributed by atoms with Crippen LogP contribution in [0.2, 0.25) is 0 Å². The number of oxime groups is 1. The van der Waals surface area contributed by atoms with Gasteiger partial charge in [0.2, 0.25) is 5.91 Å². The highest BCUT2D eigenvalue weighted by molar-refractivity contribution is 6.07. The number of likely N-dealkylation sites (N-methyl/N-ethyl adjacent to an activating group) is 1. The molecule has 1 aliphatic heterocycles. The van der Waals surface area contributed by atoms with Crippen LogP contribution in [-0.2, 0) is 4.79 Å². The van der Waals surface area contributed by atoms with Crippen molar-refractivity contribution >= 4 is 11.7 Å². The van der Waals surface area contributed by atoms with Gasteiger partial charge >= 0.3 is 0 Å². The highest BCUT2D eigenvalue weighted by Gasteiger charge is 2.54. The molecule has 0 aromatic heterocycles. The van der Waals surface area contributed by atoms with Crippen LogP contribution in [0.3, 0.4) is 0 Å². The summed E-state index contributed by atoms with van der Waals surface area (Å²) in [6, 6.07) is 0.212. The van der Waals surface area contributed by atoms with Gasteiger partial charge in [-0.3, -0.25) is 4.79 Å². The number of hydrogen-bond donors (Lipinski definition) is 2. The van der Waals surface area contributed by atoms with Crippen molar-refractivity contribution in [1.82, 2.24) is 9.80 Å². The van der Waals surface area contributed by atoms with Gasteiger partial charge in [0.15, 0.2) is 5.84 Å². The summed E-state index contributed by atoms with van der Waals surface area (Å²) in [7, 11) is 2.10. The van der Waals surface area contributed by atoms with Crippen LogP contribution in [0.4, 0.5) is 0 Å². The number of hydrogen-bond acceptors (Lipinski definition) is 4. The molecule has 1 saturated heterocycles. The summed E-state index contributed by atoms with van der Waals surface area (Å²) < 4.78 is 0. The molecule has 2 aliphatic rings. The average molecular weight is 296 g/mol. The number of rotatable bonds is 3. The SMILES string of the molecule is CCC1CN(C)CCCN1C(=O)C1(C(N)=NO)CC(C)C1. The van der Waals surface area contributed by atoms with E-state index in [1.807, 2.05) is 4.90 Å². The Morgan fingerprint density at radius 1 is 1.43 bits per heavy atom. The van der Waals surface area contributed by atoms with Crippen LogP contribution < -0.4 is 5.73 Å². The van der Waals surface area contributed by atoms with E-state index in [0.29, 0.717) is 18.8 Å². The van der Waals surface area contributed by atoms with Crippen molar-refractivity contribution in [3.8, 4) is 0 Å². The number of nitrogens with zero attached hydrogens (tertiary/aromatic N) is 3. The second-order valence-electron chi connectivity index (χ2n) is 6.76. The van der Waals surface area contributed by atoms with E-state index >= 15 is 0 Å². The molecule has 0 aromatic carbocycles. The molecule has 3 N–H and O–H groups in total. The average Bonchev–Trinajstić information content (AvgIpc) is 2.63. The molecule has 0 radical (unpaired) electrons. The number of carbonyl (C=O) groups is 1. The van der Waals surface area contributed by atoms with E-state index in [9.17, 15) is 4.79 Å². The predicted octanol–water partition coefficient (Wildman–Crippen LogP) is 1.09. The molecule has 120 valence electrons. The zero-order chi connectivity index (χ0) is 15.6. The molecule has 1 heterocycles. The van der Waals surface area contributed by atoms with Gasteiger partial charge in [0.1, 0.15) is 5.41 Å². The molecule has 0 spiro atoms. The third-order valence-corrected chi connectivity index (χ3v) is 5.04. The molecule has 1 amide bonds. The van der Waals surface area contributed by atoms with Crippen molar-refractivity contribution in [3.05, 3.63) is 0 Å². The quantitative estimate of drug-likeness (QED) is 0.353. The zero-order valence-corrected chi connectivity index (χ0v) is 13.4. The van der Waals surface area contributed by atoms with Crippen molar-refractivity contribution in [2.24, 2.45) is 22.2 Å².